The van der Waals surface area contributed by atoms with Crippen LogP contribution in [0.2, 0.25) is 0 Å². The second-order valence-corrected chi connectivity index (χ2v) is 10.2. The zero-order valence-electron chi connectivity index (χ0n) is 22.6. The maximum absolute atomic E-state index is 13.2. The number of hydrogen-bond donors (Lipinski definition) is 1. The third kappa shape index (κ3) is 6.55. The lowest BCUT2D eigenvalue weighted by molar-refractivity contribution is -0.128. The highest BCUT2D eigenvalue weighted by Gasteiger charge is 2.30. The molecule has 4 aromatic rings. The molecule has 1 amide bonds. The van der Waals surface area contributed by atoms with Gasteiger partial charge in [-0.05, 0) is 71.8 Å². The number of carbonyl (C=O) groups excluding carboxylic acids is 1. The lowest BCUT2D eigenvalue weighted by atomic mass is 9.87. The van der Waals surface area contributed by atoms with Crippen molar-refractivity contribution < 1.29 is 13.9 Å². The fraction of sp³-hybridized carbons (Fsp3) is 0.265. The van der Waals surface area contributed by atoms with Crippen LogP contribution in [0, 0.1) is 12.7 Å². The smallest absolute Gasteiger partial charge is 0.261 e. The highest BCUT2D eigenvalue weighted by atomic mass is 19.1. The number of rotatable bonds is 9. The SMILES string of the molecule is CC[C@H](Oc1ccc2c(c1)[C@H](c1ccccc1)N(Cc1cccc(C)c1)CC2)C(=O)NCc1ccc(F)cc1. The monoisotopic (exact) mass is 522 g/mol. The predicted molar refractivity (Wildman–Crippen MR) is 153 cm³/mol. The number of amides is 1. The third-order valence-electron chi connectivity index (χ3n) is 7.35. The summed E-state index contributed by atoms with van der Waals surface area (Å²) in [6, 6.07) is 31.8. The van der Waals surface area contributed by atoms with Crippen LogP contribution >= 0.6 is 0 Å². The normalized spacial score (nSPS) is 15.8. The van der Waals surface area contributed by atoms with Gasteiger partial charge in [-0.1, -0.05) is 85.3 Å². The van der Waals surface area contributed by atoms with Gasteiger partial charge in [0.2, 0.25) is 0 Å². The van der Waals surface area contributed by atoms with Crippen molar-refractivity contribution in [1.29, 1.82) is 0 Å². The number of aryl methyl sites for hydroxylation is 1. The summed E-state index contributed by atoms with van der Waals surface area (Å²) in [5.74, 6) is 0.217. The summed E-state index contributed by atoms with van der Waals surface area (Å²) < 4.78 is 19.5. The summed E-state index contributed by atoms with van der Waals surface area (Å²) in [4.78, 5) is 15.5. The Kier molecular flexibility index (Phi) is 8.38. The van der Waals surface area contributed by atoms with Crippen LogP contribution in [-0.2, 0) is 24.3 Å². The van der Waals surface area contributed by atoms with Gasteiger partial charge in [0.05, 0.1) is 6.04 Å². The van der Waals surface area contributed by atoms with Crippen molar-refractivity contribution in [1.82, 2.24) is 10.2 Å². The molecule has 0 fully saturated rings. The maximum Gasteiger partial charge on any atom is 0.261 e. The van der Waals surface area contributed by atoms with Crippen LogP contribution in [0.25, 0.3) is 0 Å². The molecule has 4 nitrogen and oxygen atoms in total. The van der Waals surface area contributed by atoms with E-state index in [0.717, 1.165) is 25.1 Å². The van der Waals surface area contributed by atoms with Gasteiger partial charge in [0.25, 0.3) is 5.91 Å². The molecule has 0 saturated carbocycles. The van der Waals surface area contributed by atoms with Crippen molar-refractivity contribution in [2.45, 2.75) is 51.9 Å². The average Bonchev–Trinajstić information content (AvgIpc) is 2.95. The second-order valence-electron chi connectivity index (χ2n) is 10.2. The van der Waals surface area contributed by atoms with Crippen LogP contribution in [0.15, 0.2) is 97.1 Å². The van der Waals surface area contributed by atoms with Gasteiger partial charge in [-0.25, -0.2) is 4.39 Å². The van der Waals surface area contributed by atoms with Crippen LogP contribution in [0.1, 0.15) is 52.8 Å². The van der Waals surface area contributed by atoms with Crippen LogP contribution in [-0.4, -0.2) is 23.5 Å². The summed E-state index contributed by atoms with van der Waals surface area (Å²) in [5.41, 5.74) is 7.18. The molecular weight excluding hydrogens is 487 g/mol. The zero-order valence-corrected chi connectivity index (χ0v) is 22.6. The number of hydrogen-bond acceptors (Lipinski definition) is 3. The molecule has 0 saturated heterocycles. The predicted octanol–water partition coefficient (Wildman–Crippen LogP) is 6.76. The topological polar surface area (TPSA) is 41.6 Å². The van der Waals surface area contributed by atoms with Crippen molar-refractivity contribution in [3.05, 3.63) is 136 Å². The molecule has 1 heterocycles. The van der Waals surface area contributed by atoms with Gasteiger partial charge in [-0.15, -0.1) is 0 Å². The molecule has 0 aromatic heterocycles. The van der Waals surface area contributed by atoms with E-state index in [9.17, 15) is 9.18 Å². The van der Waals surface area contributed by atoms with E-state index < -0.39 is 6.10 Å². The maximum atomic E-state index is 13.2. The highest BCUT2D eigenvalue weighted by molar-refractivity contribution is 5.81. The average molecular weight is 523 g/mol. The largest absolute Gasteiger partial charge is 0.481 e. The van der Waals surface area contributed by atoms with Crippen molar-refractivity contribution in [3.8, 4) is 5.75 Å². The summed E-state index contributed by atoms with van der Waals surface area (Å²) >= 11 is 0. The van der Waals surface area contributed by atoms with Crippen LogP contribution in [0.4, 0.5) is 4.39 Å². The summed E-state index contributed by atoms with van der Waals surface area (Å²) in [6.07, 6.45) is 0.874. The quantitative estimate of drug-likeness (QED) is 0.264. The Bertz CT molecular complexity index is 1400. The van der Waals surface area contributed by atoms with Gasteiger partial charge < -0.3 is 10.1 Å². The molecule has 0 bridgehead atoms. The molecule has 0 aliphatic carbocycles. The molecule has 200 valence electrons. The molecule has 1 aliphatic rings. The number of ether oxygens (including phenoxy) is 1. The van der Waals surface area contributed by atoms with Gasteiger partial charge >= 0.3 is 0 Å². The first-order valence-corrected chi connectivity index (χ1v) is 13.7. The van der Waals surface area contributed by atoms with E-state index in [1.165, 1.54) is 39.9 Å². The third-order valence-corrected chi connectivity index (χ3v) is 7.35. The van der Waals surface area contributed by atoms with E-state index in [1.807, 2.05) is 19.1 Å². The first-order valence-electron chi connectivity index (χ1n) is 13.7. The molecule has 0 spiro atoms. The molecule has 5 heteroatoms. The molecule has 0 unspecified atom stereocenters. The minimum atomic E-state index is -0.620. The second kappa shape index (κ2) is 12.3. The van der Waals surface area contributed by atoms with Gasteiger partial charge in [0.1, 0.15) is 11.6 Å². The fourth-order valence-electron chi connectivity index (χ4n) is 5.35. The Labute approximate surface area is 230 Å². The molecule has 1 N–H and O–H groups in total. The Morgan fingerprint density at radius 3 is 2.51 bits per heavy atom. The van der Waals surface area contributed by atoms with Crippen LogP contribution < -0.4 is 10.1 Å². The molecule has 39 heavy (non-hydrogen) atoms. The van der Waals surface area contributed by atoms with Crippen LogP contribution in [0.3, 0.4) is 0 Å². The van der Waals surface area contributed by atoms with Crippen molar-refractivity contribution >= 4 is 5.91 Å². The molecule has 5 rings (SSSR count). The Balaban J connectivity index is 1.37. The molecular formula is C34H35FN2O2. The lowest BCUT2D eigenvalue weighted by Gasteiger charge is -2.38. The number of fused-ring (bicyclic) bond motifs is 1. The van der Waals surface area contributed by atoms with Crippen LogP contribution in [0.5, 0.6) is 5.75 Å². The first kappa shape index (κ1) is 26.6. The standard InChI is InChI=1S/C34H35FN2O2/c1-3-32(34(38)36-22-25-12-15-29(35)16-13-25)39-30-17-14-27-18-19-37(23-26-9-7-8-24(2)20-26)33(31(27)21-30)28-10-5-4-6-11-28/h4-17,20-21,32-33H,3,18-19,22-23H2,1-2H3,(H,36,38)/t32-,33-/m0/s1. The molecule has 2 atom stereocenters. The lowest BCUT2D eigenvalue weighted by Crippen LogP contribution is -2.38. The van der Waals surface area contributed by atoms with E-state index in [2.05, 4.69) is 77.8 Å². The Morgan fingerprint density at radius 1 is 0.974 bits per heavy atom. The van der Waals surface area contributed by atoms with Crippen molar-refractivity contribution in [2.24, 2.45) is 0 Å². The van der Waals surface area contributed by atoms with E-state index in [0.29, 0.717) is 18.7 Å². The minimum absolute atomic E-state index is 0.0893. The van der Waals surface area contributed by atoms with Crippen molar-refractivity contribution in [2.75, 3.05) is 6.54 Å². The van der Waals surface area contributed by atoms with Gasteiger partial charge in [-0.2, -0.15) is 0 Å². The number of nitrogens with zero attached hydrogens (tertiary/aromatic N) is 1. The van der Waals surface area contributed by atoms with Gasteiger partial charge in [0.15, 0.2) is 6.10 Å². The van der Waals surface area contributed by atoms with E-state index in [-0.39, 0.29) is 17.8 Å². The van der Waals surface area contributed by atoms with Gasteiger partial charge in [-0.3, -0.25) is 9.69 Å². The van der Waals surface area contributed by atoms with Crippen molar-refractivity contribution in [3.63, 3.8) is 0 Å². The number of carbonyl (C=O) groups is 1. The van der Waals surface area contributed by atoms with Gasteiger partial charge in [0, 0.05) is 19.6 Å². The Morgan fingerprint density at radius 2 is 1.77 bits per heavy atom. The summed E-state index contributed by atoms with van der Waals surface area (Å²) in [6.45, 7) is 6.22. The molecule has 1 aliphatic heterocycles. The minimum Gasteiger partial charge on any atom is -0.481 e. The summed E-state index contributed by atoms with van der Waals surface area (Å²) in [5, 5.41) is 2.93. The number of benzene rings is 4. The highest BCUT2D eigenvalue weighted by Crippen LogP contribution is 2.38. The van der Waals surface area contributed by atoms with E-state index in [4.69, 9.17) is 4.74 Å². The fourth-order valence-corrected chi connectivity index (χ4v) is 5.35. The number of halogens is 1. The molecule has 0 radical (unpaired) electrons. The van der Waals surface area contributed by atoms with E-state index in [1.54, 1.807) is 12.1 Å². The zero-order chi connectivity index (χ0) is 27.2. The van der Waals surface area contributed by atoms with E-state index >= 15 is 0 Å². The first-order chi connectivity index (χ1) is 19.0. The summed E-state index contributed by atoms with van der Waals surface area (Å²) in [7, 11) is 0. The number of nitrogens with one attached hydrogen (secondary N) is 1. The molecule has 4 aromatic carbocycles. The Hall–Kier alpha value is -3.96.